The van der Waals surface area contributed by atoms with Gasteiger partial charge in [-0.15, -0.1) is 0 Å². The molecule has 0 aromatic heterocycles. The predicted octanol–water partition coefficient (Wildman–Crippen LogP) is 4.83. The van der Waals surface area contributed by atoms with Gasteiger partial charge >= 0.3 is 0 Å². The van der Waals surface area contributed by atoms with Crippen LogP contribution in [-0.2, 0) is 16.1 Å². The Bertz CT molecular complexity index is 842. The molecule has 1 atom stereocenters. The molecule has 5 nitrogen and oxygen atoms in total. The van der Waals surface area contributed by atoms with Crippen LogP contribution in [-0.4, -0.2) is 35.4 Å². The van der Waals surface area contributed by atoms with Crippen molar-refractivity contribution in [2.45, 2.75) is 72.5 Å². The van der Waals surface area contributed by atoms with Crippen LogP contribution in [0.15, 0.2) is 48.5 Å². The van der Waals surface area contributed by atoms with E-state index < -0.39 is 6.04 Å². The fourth-order valence-electron chi connectivity index (χ4n) is 3.37. The third-order valence-corrected chi connectivity index (χ3v) is 5.20. The highest BCUT2D eigenvalue weighted by molar-refractivity contribution is 5.88. The largest absolute Gasteiger partial charge is 0.484 e. The Morgan fingerprint density at radius 1 is 0.968 bits per heavy atom. The highest BCUT2D eigenvalue weighted by atomic mass is 16.5. The highest BCUT2D eigenvalue weighted by Crippen LogP contribution is 2.19. The fraction of sp³-hybridized carbons (Fsp3) is 0.462. The topological polar surface area (TPSA) is 58.6 Å². The Morgan fingerprint density at radius 2 is 1.58 bits per heavy atom. The summed E-state index contributed by atoms with van der Waals surface area (Å²) in [6.45, 7) is 12.3. The molecule has 5 heteroatoms. The van der Waals surface area contributed by atoms with E-state index in [1.807, 2.05) is 76.2 Å². The van der Waals surface area contributed by atoms with Gasteiger partial charge in [0.05, 0.1) is 0 Å². The lowest BCUT2D eigenvalue weighted by Crippen LogP contribution is -2.51. The summed E-state index contributed by atoms with van der Waals surface area (Å²) in [6, 6.07) is 15.3. The Balaban J connectivity index is 2.17. The van der Waals surface area contributed by atoms with Crippen LogP contribution < -0.4 is 10.1 Å². The smallest absolute Gasteiger partial charge is 0.261 e. The van der Waals surface area contributed by atoms with Crippen LogP contribution in [0.5, 0.6) is 5.75 Å². The molecule has 1 unspecified atom stereocenters. The molecule has 1 N–H and O–H groups in total. The van der Waals surface area contributed by atoms with Crippen LogP contribution >= 0.6 is 0 Å². The molecular formula is C26H36N2O3. The van der Waals surface area contributed by atoms with Crippen molar-refractivity contribution < 1.29 is 14.3 Å². The summed E-state index contributed by atoms with van der Waals surface area (Å²) in [6.07, 6.45) is 0.527. The normalized spacial score (nSPS) is 12.0. The van der Waals surface area contributed by atoms with Gasteiger partial charge < -0.3 is 15.0 Å². The number of nitrogens with one attached hydrogen (secondary N) is 1. The van der Waals surface area contributed by atoms with E-state index in [1.165, 1.54) is 5.56 Å². The van der Waals surface area contributed by atoms with Crippen LogP contribution in [0, 0.1) is 6.92 Å². The maximum atomic E-state index is 13.2. The quantitative estimate of drug-likeness (QED) is 0.594. The molecule has 0 aliphatic carbocycles. The van der Waals surface area contributed by atoms with Gasteiger partial charge in [0.2, 0.25) is 5.91 Å². The van der Waals surface area contributed by atoms with Crippen LogP contribution in [0.25, 0.3) is 0 Å². The third kappa shape index (κ3) is 7.42. The second-order valence-corrected chi connectivity index (χ2v) is 8.61. The van der Waals surface area contributed by atoms with E-state index in [1.54, 1.807) is 4.90 Å². The molecule has 2 aromatic carbocycles. The number of carbonyl (C=O) groups excluding carboxylic acids is 2. The lowest BCUT2D eigenvalue weighted by Gasteiger charge is -2.31. The molecule has 168 valence electrons. The highest BCUT2D eigenvalue weighted by Gasteiger charge is 2.29. The molecule has 2 aromatic rings. The first-order chi connectivity index (χ1) is 14.7. The van der Waals surface area contributed by atoms with Gasteiger partial charge in [-0.1, -0.05) is 62.7 Å². The van der Waals surface area contributed by atoms with Crippen molar-refractivity contribution in [1.82, 2.24) is 10.2 Å². The van der Waals surface area contributed by atoms with Crippen LogP contribution in [0.4, 0.5) is 0 Å². The lowest BCUT2D eigenvalue weighted by atomic mass is 10.0. The summed E-state index contributed by atoms with van der Waals surface area (Å²) in [4.78, 5) is 27.6. The number of hydrogen-bond donors (Lipinski definition) is 1. The number of amides is 2. The summed E-state index contributed by atoms with van der Waals surface area (Å²) in [5.41, 5.74) is 3.35. The minimum absolute atomic E-state index is 0.00796. The van der Waals surface area contributed by atoms with Gasteiger partial charge in [-0.25, -0.2) is 0 Å². The molecule has 31 heavy (non-hydrogen) atoms. The van der Waals surface area contributed by atoms with E-state index in [0.717, 1.165) is 11.1 Å². The van der Waals surface area contributed by atoms with E-state index in [9.17, 15) is 9.59 Å². The molecule has 0 aliphatic rings. The van der Waals surface area contributed by atoms with Gasteiger partial charge in [0.15, 0.2) is 6.61 Å². The van der Waals surface area contributed by atoms with Crippen molar-refractivity contribution >= 4 is 11.8 Å². The van der Waals surface area contributed by atoms with E-state index in [-0.39, 0.29) is 24.5 Å². The van der Waals surface area contributed by atoms with Gasteiger partial charge in [0, 0.05) is 12.6 Å². The third-order valence-electron chi connectivity index (χ3n) is 5.20. The number of nitrogens with zero attached hydrogens (tertiary/aromatic N) is 1. The van der Waals surface area contributed by atoms with E-state index in [0.29, 0.717) is 24.6 Å². The summed E-state index contributed by atoms with van der Waals surface area (Å²) in [5, 5.41) is 2.94. The van der Waals surface area contributed by atoms with E-state index in [2.05, 4.69) is 19.2 Å². The van der Waals surface area contributed by atoms with Crippen molar-refractivity contribution in [3.63, 3.8) is 0 Å². The first-order valence-electron chi connectivity index (χ1n) is 11.1. The minimum Gasteiger partial charge on any atom is -0.484 e. The maximum absolute atomic E-state index is 13.2. The first kappa shape index (κ1) is 24.4. The molecule has 0 fully saturated rings. The number of rotatable bonds is 10. The molecule has 0 aliphatic heterocycles. The van der Waals surface area contributed by atoms with Gasteiger partial charge in [-0.2, -0.15) is 0 Å². The number of carbonyl (C=O) groups is 2. The Hall–Kier alpha value is -2.82. The zero-order chi connectivity index (χ0) is 23.0. The average molecular weight is 425 g/mol. The Morgan fingerprint density at radius 3 is 2.10 bits per heavy atom. The second kappa shape index (κ2) is 11.5. The Labute approximate surface area is 186 Å². The van der Waals surface area contributed by atoms with Crippen molar-refractivity contribution in [3.8, 4) is 5.75 Å². The number of aryl methyl sites for hydroxylation is 1. The van der Waals surface area contributed by atoms with Crippen LogP contribution in [0.3, 0.4) is 0 Å². The van der Waals surface area contributed by atoms with E-state index in [4.69, 9.17) is 4.74 Å². The molecule has 0 saturated carbocycles. The van der Waals surface area contributed by atoms with E-state index >= 15 is 0 Å². The molecule has 0 radical (unpaired) electrons. The molecule has 2 amide bonds. The van der Waals surface area contributed by atoms with Gasteiger partial charge in [0.1, 0.15) is 11.8 Å². The van der Waals surface area contributed by atoms with Crippen molar-refractivity contribution in [1.29, 1.82) is 0 Å². The second-order valence-electron chi connectivity index (χ2n) is 8.61. The fourth-order valence-corrected chi connectivity index (χ4v) is 3.37. The molecule has 0 saturated heterocycles. The summed E-state index contributed by atoms with van der Waals surface area (Å²) in [5.74, 6) is 0.733. The number of ether oxygens (including phenoxy) is 1. The lowest BCUT2D eigenvalue weighted by molar-refractivity contribution is -0.143. The molecule has 2 rings (SSSR count). The SMILES string of the molecule is CCC(C(=O)NC(C)C)N(Cc1ccc(C)cc1)C(=O)COc1ccc(C(C)C)cc1. The molecule has 0 bridgehead atoms. The zero-order valence-corrected chi connectivity index (χ0v) is 19.6. The van der Waals surface area contributed by atoms with Crippen LogP contribution in [0.1, 0.15) is 63.6 Å². The number of benzene rings is 2. The monoisotopic (exact) mass is 424 g/mol. The first-order valence-corrected chi connectivity index (χ1v) is 11.1. The van der Waals surface area contributed by atoms with Gasteiger partial charge in [0.25, 0.3) is 5.91 Å². The van der Waals surface area contributed by atoms with Gasteiger partial charge in [-0.3, -0.25) is 9.59 Å². The van der Waals surface area contributed by atoms with Crippen molar-refractivity contribution in [3.05, 3.63) is 65.2 Å². The number of hydrogen-bond acceptors (Lipinski definition) is 3. The summed E-state index contributed by atoms with van der Waals surface area (Å²) in [7, 11) is 0. The van der Waals surface area contributed by atoms with Crippen molar-refractivity contribution in [2.24, 2.45) is 0 Å². The molecule has 0 heterocycles. The average Bonchev–Trinajstić information content (AvgIpc) is 2.73. The molecule has 0 spiro atoms. The summed E-state index contributed by atoms with van der Waals surface area (Å²) < 4.78 is 5.77. The van der Waals surface area contributed by atoms with Crippen molar-refractivity contribution in [2.75, 3.05) is 6.61 Å². The minimum atomic E-state index is -0.553. The Kier molecular flexibility index (Phi) is 9.10. The predicted molar refractivity (Wildman–Crippen MR) is 125 cm³/mol. The van der Waals surface area contributed by atoms with Gasteiger partial charge in [-0.05, 0) is 56.4 Å². The van der Waals surface area contributed by atoms with Crippen LogP contribution in [0.2, 0.25) is 0 Å². The standard InChI is InChI=1S/C26H36N2O3/c1-7-24(26(30)27-19(4)5)28(16-21-10-8-20(6)9-11-21)25(29)17-31-23-14-12-22(13-15-23)18(2)3/h8-15,18-19,24H,7,16-17H2,1-6H3,(H,27,30). The summed E-state index contributed by atoms with van der Waals surface area (Å²) >= 11 is 0. The maximum Gasteiger partial charge on any atom is 0.261 e. The molecular weight excluding hydrogens is 388 g/mol. The zero-order valence-electron chi connectivity index (χ0n) is 19.6.